The van der Waals surface area contributed by atoms with Crippen LogP contribution in [0.25, 0.3) is 0 Å². The third-order valence-corrected chi connectivity index (χ3v) is 12.7. The maximum atomic E-state index is 15.3. The van der Waals surface area contributed by atoms with Crippen molar-refractivity contribution in [3.8, 4) is 0 Å². The predicted octanol–water partition coefficient (Wildman–Crippen LogP) is 3.66. The number of anilines is 3. The summed E-state index contributed by atoms with van der Waals surface area (Å²) < 4.78 is 26.9. The van der Waals surface area contributed by atoms with Gasteiger partial charge in [0.2, 0.25) is 0 Å². The van der Waals surface area contributed by atoms with Gasteiger partial charge < -0.3 is 23.9 Å². The van der Waals surface area contributed by atoms with Crippen molar-refractivity contribution < 1.29 is 13.6 Å². The van der Waals surface area contributed by atoms with Crippen LogP contribution in [0.4, 0.5) is 21.7 Å². The van der Waals surface area contributed by atoms with Crippen molar-refractivity contribution in [2.45, 2.75) is 44.2 Å². The summed E-state index contributed by atoms with van der Waals surface area (Å²) in [6.07, 6.45) is 3.96. The van der Waals surface area contributed by atoms with Crippen molar-refractivity contribution in [2.75, 3.05) is 61.1 Å². The standard InChI is InChI=1S/C24H34FN5O2Si/c1-24(2)17-33(24,4)32-16-18-6-5-7-20(23(18)25)28-8-10-29(11-9-28)21-12-27-22(13-26-21)30-14-19(15-30)31-3/h5-7,12-13,19H,8-11,14-17H2,1-4H3. The van der Waals surface area contributed by atoms with Gasteiger partial charge in [-0.3, -0.25) is 0 Å². The molecule has 1 aromatic carbocycles. The Morgan fingerprint density at radius 2 is 1.64 bits per heavy atom. The molecule has 3 fully saturated rings. The Morgan fingerprint density at radius 3 is 2.21 bits per heavy atom. The van der Waals surface area contributed by atoms with E-state index < -0.39 is 8.32 Å². The van der Waals surface area contributed by atoms with Crippen molar-refractivity contribution in [3.05, 3.63) is 42.0 Å². The molecule has 3 aliphatic heterocycles. The van der Waals surface area contributed by atoms with Crippen LogP contribution >= 0.6 is 0 Å². The van der Waals surface area contributed by atoms with Gasteiger partial charge in [-0.15, -0.1) is 0 Å². The zero-order chi connectivity index (χ0) is 23.2. The minimum absolute atomic E-state index is 0.143. The molecule has 9 heteroatoms. The highest BCUT2D eigenvalue weighted by Crippen LogP contribution is 2.62. The molecule has 0 N–H and O–H groups in total. The SMILES string of the molecule is COC1CN(c2cnc(N3CCN(c4cccc(CO[Si]5(C)CC5(C)C)c4F)CC3)cn2)C1. The highest BCUT2D eigenvalue weighted by atomic mass is 28.4. The summed E-state index contributed by atoms with van der Waals surface area (Å²) >= 11 is 0. The first-order chi connectivity index (χ1) is 15.8. The molecule has 5 rings (SSSR count). The molecule has 2 aromatic rings. The van der Waals surface area contributed by atoms with E-state index in [1.807, 2.05) is 30.6 Å². The second kappa shape index (κ2) is 8.52. The van der Waals surface area contributed by atoms with Crippen molar-refractivity contribution in [3.63, 3.8) is 0 Å². The van der Waals surface area contributed by atoms with E-state index in [9.17, 15) is 0 Å². The molecule has 33 heavy (non-hydrogen) atoms. The Hall–Kier alpha value is -2.23. The summed E-state index contributed by atoms with van der Waals surface area (Å²) in [4.78, 5) is 15.7. The summed E-state index contributed by atoms with van der Waals surface area (Å²) in [5, 5.41) is 0.306. The third kappa shape index (κ3) is 4.33. The van der Waals surface area contributed by atoms with Crippen LogP contribution in [0, 0.1) is 5.82 Å². The number of piperazine rings is 1. The van der Waals surface area contributed by atoms with Crippen LogP contribution in [0.5, 0.6) is 0 Å². The quantitative estimate of drug-likeness (QED) is 0.571. The van der Waals surface area contributed by atoms with E-state index >= 15 is 4.39 Å². The van der Waals surface area contributed by atoms with Crippen LogP contribution in [0.2, 0.25) is 17.6 Å². The van der Waals surface area contributed by atoms with Gasteiger partial charge >= 0.3 is 0 Å². The Morgan fingerprint density at radius 1 is 1.03 bits per heavy atom. The Kier molecular flexibility index (Phi) is 5.82. The Bertz CT molecular complexity index is 993. The van der Waals surface area contributed by atoms with Gasteiger partial charge in [0.05, 0.1) is 30.8 Å². The molecule has 0 radical (unpaired) electrons. The number of ether oxygens (including phenoxy) is 1. The summed E-state index contributed by atoms with van der Waals surface area (Å²) in [5.74, 6) is 1.61. The average Bonchev–Trinajstić information content (AvgIpc) is 3.30. The van der Waals surface area contributed by atoms with Gasteiger partial charge in [-0.05, 0) is 23.7 Å². The summed E-state index contributed by atoms with van der Waals surface area (Å²) in [5.41, 5.74) is 1.33. The van der Waals surface area contributed by atoms with E-state index in [1.54, 1.807) is 7.11 Å². The van der Waals surface area contributed by atoms with Crippen molar-refractivity contribution >= 4 is 25.6 Å². The largest absolute Gasteiger partial charge is 0.412 e. The fourth-order valence-corrected chi connectivity index (χ4v) is 8.11. The summed E-state index contributed by atoms with van der Waals surface area (Å²) in [6, 6.07) is 6.83. The van der Waals surface area contributed by atoms with Crippen molar-refractivity contribution in [2.24, 2.45) is 0 Å². The molecule has 1 atom stereocenters. The Labute approximate surface area is 196 Å². The minimum atomic E-state index is -1.67. The van der Waals surface area contributed by atoms with Crippen LogP contribution in [0.15, 0.2) is 30.6 Å². The maximum Gasteiger partial charge on any atom is 0.195 e. The van der Waals surface area contributed by atoms with Gasteiger partial charge in [-0.1, -0.05) is 26.0 Å². The number of nitrogens with zero attached hydrogens (tertiary/aromatic N) is 5. The van der Waals surface area contributed by atoms with Gasteiger partial charge in [0, 0.05) is 51.9 Å². The van der Waals surface area contributed by atoms with Crippen LogP contribution in [-0.2, 0) is 15.8 Å². The minimum Gasteiger partial charge on any atom is -0.412 e. The summed E-state index contributed by atoms with van der Waals surface area (Å²) in [7, 11) is 0.0703. The van der Waals surface area contributed by atoms with Crippen LogP contribution in [0.1, 0.15) is 19.4 Å². The molecule has 1 unspecified atom stereocenters. The van der Waals surface area contributed by atoms with Crippen LogP contribution in [-0.4, -0.2) is 70.8 Å². The molecular weight excluding hydrogens is 437 g/mol. The lowest BCUT2D eigenvalue weighted by molar-refractivity contribution is 0.0783. The normalized spacial score (nSPS) is 24.7. The fraction of sp³-hybridized carbons (Fsp3) is 0.583. The lowest BCUT2D eigenvalue weighted by atomic mass is 10.1. The first-order valence-electron chi connectivity index (χ1n) is 11.8. The van der Waals surface area contributed by atoms with Crippen LogP contribution in [0.3, 0.4) is 0 Å². The van der Waals surface area contributed by atoms with Crippen LogP contribution < -0.4 is 14.7 Å². The topological polar surface area (TPSA) is 54.0 Å². The lowest BCUT2D eigenvalue weighted by Gasteiger charge is -2.39. The molecule has 0 spiro atoms. The second-order valence-electron chi connectivity index (χ2n) is 10.3. The molecule has 7 nitrogen and oxygen atoms in total. The number of benzene rings is 1. The number of methoxy groups -OCH3 is 1. The fourth-order valence-electron chi connectivity index (χ4n) is 4.80. The maximum absolute atomic E-state index is 15.3. The molecule has 3 aliphatic rings. The molecular formula is C24H34FN5O2Si. The molecule has 178 valence electrons. The molecule has 0 amide bonds. The summed E-state index contributed by atoms with van der Waals surface area (Å²) in [6.45, 7) is 11.9. The number of halogens is 1. The first kappa shape index (κ1) is 22.6. The molecule has 4 heterocycles. The first-order valence-corrected chi connectivity index (χ1v) is 14.4. The van der Waals surface area contributed by atoms with E-state index in [1.165, 1.54) is 0 Å². The van der Waals surface area contributed by atoms with E-state index in [4.69, 9.17) is 9.16 Å². The zero-order valence-corrected chi connectivity index (χ0v) is 21.1. The van der Waals surface area contributed by atoms with Gasteiger partial charge in [0.15, 0.2) is 14.1 Å². The molecule has 0 aliphatic carbocycles. The van der Waals surface area contributed by atoms with Gasteiger partial charge in [-0.25, -0.2) is 14.4 Å². The predicted molar refractivity (Wildman–Crippen MR) is 131 cm³/mol. The Balaban J connectivity index is 1.17. The number of hydrogen-bond donors (Lipinski definition) is 0. The molecule has 0 saturated carbocycles. The van der Waals surface area contributed by atoms with Gasteiger partial charge in [0.1, 0.15) is 11.6 Å². The van der Waals surface area contributed by atoms with E-state index in [-0.39, 0.29) is 11.9 Å². The van der Waals surface area contributed by atoms with E-state index in [0.717, 1.165) is 56.9 Å². The van der Waals surface area contributed by atoms with Gasteiger partial charge in [-0.2, -0.15) is 0 Å². The second-order valence-corrected chi connectivity index (χ2v) is 14.8. The van der Waals surface area contributed by atoms with E-state index in [0.29, 0.717) is 22.9 Å². The highest BCUT2D eigenvalue weighted by molar-refractivity contribution is 6.86. The number of hydrogen-bond acceptors (Lipinski definition) is 7. The smallest absolute Gasteiger partial charge is 0.195 e. The van der Waals surface area contributed by atoms with Gasteiger partial charge in [0.25, 0.3) is 0 Å². The molecule has 0 bridgehead atoms. The average molecular weight is 472 g/mol. The van der Waals surface area contributed by atoms with E-state index in [2.05, 4.69) is 45.1 Å². The number of aromatic nitrogens is 2. The highest BCUT2D eigenvalue weighted by Gasteiger charge is 2.62. The zero-order valence-electron chi connectivity index (χ0n) is 20.1. The van der Waals surface area contributed by atoms with Crippen molar-refractivity contribution in [1.82, 2.24) is 9.97 Å². The van der Waals surface area contributed by atoms with Crippen molar-refractivity contribution in [1.29, 1.82) is 0 Å². The lowest BCUT2D eigenvalue weighted by Crippen LogP contribution is -2.52. The number of rotatable bonds is 7. The molecule has 1 aromatic heterocycles. The monoisotopic (exact) mass is 471 g/mol. The molecule has 3 saturated heterocycles. The third-order valence-electron chi connectivity index (χ3n) is 7.76.